The van der Waals surface area contributed by atoms with E-state index in [0.717, 1.165) is 15.5 Å². The van der Waals surface area contributed by atoms with Gasteiger partial charge in [-0.2, -0.15) is 0 Å². The van der Waals surface area contributed by atoms with Crippen LogP contribution in [0.5, 0.6) is 5.75 Å². The van der Waals surface area contributed by atoms with Crippen LogP contribution in [0.2, 0.25) is 0 Å². The van der Waals surface area contributed by atoms with E-state index < -0.39 is 16.1 Å². The molecule has 8 heteroatoms. The molecule has 0 aromatic heterocycles. The van der Waals surface area contributed by atoms with Crippen molar-refractivity contribution in [3.63, 3.8) is 0 Å². The quantitative estimate of drug-likeness (QED) is 0.470. The molecule has 2 rings (SSSR count). The van der Waals surface area contributed by atoms with Crippen molar-refractivity contribution in [3.05, 3.63) is 54.6 Å². The predicted octanol–water partition coefficient (Wildman–Crippen LogP) is 3.15. The van der Waals surface area contributed by atoms with Gasteiger partial charge in [-0.15, -0.1) is 11.8 Å². The lowest BCUT2D eigenvalue weighted by atomic mass is 10.2. The van der Waals surface area contributed by atoms with Crippen LogP contribution in [-0.4, -0.2) is 46.0 Å². The van der Waals surface area contributed by atoms with Crippen LogP contribution in [-0.2, 0) is 14.8 Å². The van der Waals surface area contributed by atoms with Gasteiger partial charge in [-0.25, -0.2) is 8.42 Å². The zero-order valence-corrected chi connectivity index (χ0v) is 17.9. The van der Waals surface area contributed by atoms with Crippen LogP contribution in [0.15, 0.2) is 59.5 Å². The summed E-state index contributed by atoms with van der Waals surface area (Å²) in [6, 6.07) is 15.8. The molecule has 0 aliphatic carbocycles. The highest BCUT2D eigenvalue weighted by molar-refractivity contribution is 7.99. The van der Waals surface area contributed by atoms with E-state index in [2.05, 4.69) is 5.32 Å². The molecule has 28 heavy (non-hydrogen) atoms. The van der Waals surface area contributed by atoms with Gasteiger partial charge in [0.25, 0.3) is 0 Å². The molecular weight excluding hydrogens is 396 g/mol. The Morgan fingerprint density at radius 1 is 1.18 bits per heavy atom. The molecule has 6 nitrogen and oxygen atoms in total. The molecule has 0 radical (unpaired) electrons. The standard InChI is InChI=1S/C20H26N2O4S2/c1-4-19(20(23)21-13-14-27-18-11-6-5-7-12-18)22(28(3,24)25)16-9-8-10-17(15-16)26-2/h5-12,15,19H,4,13-14H2,1-3H3,(H,21,23)/t19-/m1/s1. The highest BCUT2D eigenvalue weighted by atomic mass is 32.2. The fraction of sp³-hybridized carbons (Fsp3) is 0.350. The lowest BCUT2D eigenvalue weighted by molar-refractivity contribution is -0.122. The third kappa shape index (κ3) is 6.17. The van der Waals surface area contributed by atoms with Crippen molar-refractivity contribution in [1.82, 2.24) is 5.32 Å². The Balaban J connectivity index is 2.08. The van der Waals surface area contributed by atoms with Crippen LogP contribution in [0.3, 0.4) is 0 Å². The summed E-state index contributed by atoms with van der Waals surface area (Å²) in [6.07, 6.45) is 1.45. The molecule has 0 aliphatic rings. The highest BCUT2D eigenvalue weighted by Crippen LogP contribution is 2.26. The van der Waals surface area contributed by atoms with E-state index in [-0.39, 0.29) is 5.91 Å². The van der Waals surface area contributed by atoms with E-state index in [1.54, 1.807) is 43.0 Å². The number of rotatable bonds is 10. The second-order valence-electron chi connectivity index (χ2n) is 6.14. The van der Waals surface area contributed by atoms with Gasteiger partial charge in [-0.3, -0.25) is 9.10 Å². The highest BCUT2D eigenvalue weighted by Gasteiger charge is 2.31. The van der Waals surface area contributed by atoms with Crippen molar-refractivity contribution < 1.29 is 17.9 Å². The maximum Gasteiger partial charge on any atom is 0.243 e. The summed E-state index contributed by atoms with van der Waals surface area (Å²) in [5.41, 5.74) is 0.405. The van der Waals surface area contributed by atoms with Crippen molar-refractivity contribution in [2.45, 2.75) is 24.3 Å². The smallest absolute Gasteiger partial charge is 0.243 e. The zero-order valence-electron chi connectivity index (χ0n) is 16.3. The lowest BCUT2D eigenvalue weighted by Gasteiger charge is -2.30. The van der Waals surface area contributed by atoms with Crippen molar-refractivity contribution in [1.29, 1.82) is 0 Å². The molecule has 0 saturated carbocycles. The molecule has 2 aromatic carbocycles. The average molecular weight is 423 g/mol. The number of hydrogen-bond acceptors (Lipinski definition) is 5. The molecule has 0 saturated heterocycles. The first kappa shape index (κ1) is 22.1. The molecule has 0 bridgehead atoms. The number of nitrogens with one attached hydrogen (secondary N) is 1. The number of carbonyl (C=O) groups excluding carboxylic acids is 1. The molecule has 1 N–H and O–H groups in total. The Morgan fingerprint density at radius 2 is 1.89 bits per heavy atom. The molecule has 0 unspecified atom stereocenters. The summed E-state index contributed by atoms with van der Waals surface area (Å²) < 4.78 is 31.3. The van der Waals surface area contributed by atoms with E-state index in [4.69, 9.17) is 4.74 Å². The Bertz CT molecular complexity index is 873. The first-order valence-corrected chi connectivity index (χ1v) is 11.8. The third-order valence-electron chi connectivity index (χ3n) is 4.05. The number of methoxy groups -OCH3 is 1. The summed E-state index contributed by atoms with van der Waals surface area (Å²) in [7, 11) is -2.15. The maximum absolute atomic E-state index is 12.7. The number of carbonyl (C=O) groups is 1. The van der Waals surface area contributed by atoms with Crippen LogP contribution in [0, 0.1) is 0 Å². The van der Waals surface area contributed by atoms with Crippen LogP contribution in [0.25, 0.3) is 0 Å². The summed E-state index contributed by atoms with van der Waals surface area (Å²) >= 11 is 1.63. The number of nitrogens with zero attached hydrogens (tertiary/aromatic N) is 1. The number of benzene rings is 2. The van der Waals surface area contributed by atoms with Gasteiger partial charge in [-0.1, -0.05) is 31.2 Å². The minimum absolute atomic E-state index is 0.315. The number of thioether (sulfide) groups is 1. The minimum Gasteiger partial charge on any atom is -0.497 e. The first-order valence-electron chi connectivity index (χ1n) is 8.95. The molecule has 1 amide bonds. The van der Waals surface area contributed by atoms with E-state index in [9.17, 15) is 13.2 Å². The van der Waals surface area contributed by atoms with Gasteiger partial charge in [0, 0.05) is 23.3 Å². The lowest BCUT2D eigenvalue weighted by Crippen LogP contribution is -2.49. The topological polar surface area (TPSA) is 75.7 Å². The number of ether oxygens (including phenoxy) is 1. The zero-order chi connectivity index (χ0) is 20.6. The normalized spacial score (nSPS) is 12.2. The molecule has 1 atom stereocenters. The largest absolute Gasteiger partial charge is 0.497 e. The Morgan fingerprint density at radius 3 is 2.50 bits per heavy atom. The number of sulfonamides is 1. The number of anilines is 1. The Labute approximate surface area is 171 Å². The van der Waals surface area contributed by atoms with E-state index in [1.807, 2.05) is 30.3 Å². The SMILES string of the molecule is CC[C@H](C(=O)NCCSc1ccccc1)N(c1cccc(OC)c1)S(C)(=O)=O. The molecule has 0 fully saturated rings. The molecule has 0 heterocycles. The average Bonchev–Trinajstić information content (AvgIpc) is 2.69. The van der Waals surface area contributed by atoms with Crippen molar-refractivity contribution in [2.75, 3.05) is 30.0 Å². The van der Waals surface area contributed by atoms with E-state index in [0.29, 0.717) is 30.2 Å². The molecule has 0 aliphatic heterocycles. The molecule has 2 aromatic rings. The summed E-state index contributed by atoms with van der Waals surface area (Å²) in [4.78, 5) is 13.9. The molecule has 0 spiro atoms. The molecular formula is C20H26N2O4S2. The van der Waals surface area contributed by atoms with E-state index in [1.165, 1.54) is 7.11 Å². The van der Waals surface area contributed by atoms with Crippen molar-refractivity contribution >= 4 is 33.4 Å². The monoisotopic (exact) mass is 422 g/mol. The summed E-state index contributed by atoms with van der Waals surface area (Å²) in [6.45, 7) is 2.24. The van der Waals surface area contributed by atoms with Gasteiger partial charge in [0.2, 0.25) is 15.9 Å². The Kier molecular flexibility index (Phi) is 8.19. The maximum atomic E-state index is 12.7. The fourth-order valence-corrected chi connectivity index (χ4v) is 4.78. The first-order chi connectivity index (χ1) is 13.4. The van der Waals surface area contributed by atoms with Crippen LogP contribution in [0.4, 0.5) is 5.69 Å². The van der Waals surface area contributed by atoms with Crippen LogP contribution in [0.1, 0.15) is 13.3 Å². The second kappa shape index (κ2) is 10.4. The van der Waals surface area contributed by atoms with Gasteiger partial charge in [0.05, 0.1) is 19.1 Å². The van der Waals surface area contributed by atoms with Crippen molar-refractivity contribution in [3.8, 4) is 5.75 Å². The van der Waals surface area contributed by atoms with Gasteiger partial charge >= 0.3 is 0 Å². The van der Waals surface area contributed by atoms with Gasteiger partial charge in [-0.05, 0) is 30.7 Å². The predicted molar refractivity (Wildman–Crippen MR) is 115 cm³/mol. The number of hydrogen-bond donors (Lipinski definition) is 1. The van der Waals surface area contributed by atoms with Gasteiger partial charge < -0.3 is 10.1 Å². The molecule has 152 valence electrons. The minimum atomic E-state index is -3.66. The summed E-state index contributed by atoms with van der Waals surface area (Å²) in [5, 5.41) is 2.86. The van der Waals surface area contributed by atoms with E-state index >= 15 is 0 Å². The third-order valence-corrected chi connectivity index (χ3v) is 6.24. The van der Waals surface area contributed by atoms with Gasteiger partial charge in [0.15, 0.2) is 0 Å². The second-order valence-corrected chi connectivity index (χ2v) is 9.16. The van der Waals surface area contributed by atoms with Crippen LogP contribution < -0.4 is 14.4 Å². The Hall–Kier alpha value is -2.19. The fourth-order valence-electron chi connectivity index (χ4n) is 2.79. The van der Waals surface area contributed by atoms with Gasteiger partial charge in [0.1, 0.15) is 11.8 Å². The van der Waals surface area contributed by atoms with Crippen molar-refractivity contribution in [2.24, 2.45) is 0 Å². The van der Waals surface area contributed by atoms with Crippen LogP contribution >= 0.6 is 11.8 Å². The number of amides is 1. The summed E-state index contributed by atoms with van der Waals surface area (Å²) in [5.74, 6) is 0.912.